The number of hydrogen-bond acceptors (Lipinski definition) is 4. The van der Waals surface area contributed by atoms with E-state index in [0.29, 0.717) is 29.2 Å². The first-order valence-corrected chi connectivity index (χ1v) is 6.65. The topological polar surface area (TPSA) is 52.8 Å². The Balaban J connectivity index is 2.17. The molecule has 18 heavy (non-hydrogen) atoms. The van der Waals surface area contributed by atoms with Crippen LogP contribution in [-0.2, 0) is 5.88 Å². The number of alkyl halides is 1. The first kappa shape index (κ1) is 11.7. The van der Waals surface area contributed by atoms with Gasteiger partial charge in [-0.1, -0.05) is 13.3 Å². The summed E-state index contributed by atoms with van der Waals surface area (Å²) in [5.41, 5.74) is 1.54. The Kier molecular flexibility index (Phi) is 2.86. The van der Waals surface area contributed by atoms with Crippen LogP contribution in [-0.4, -0.2) is 26.6 Å². The fourth-order valence-corrected chi connectivity index (χ4v) is 2.70. The van der Waals surface area contributed by atoms with Crippen LogP contribution in [0.25, 0.3) is 11.2 Å². The maximum absolute atomic E-state index is 5.99. The number of fused-ring (bicyclic) bond motifs is 1. The Bertz CT molecular complexity index is 583. The fourth-order valence-electron chi connectivity index (χ4n) is 2.51. The normalized spacial score (nSPS) is 22.4. The number of ether oxygens (including phenoxy) is 1. The number of rotatable bonds is 4. The van der Waals surface area contributed by atoms with Crippen molar-refractivity contribution in [3.05, 3.63) is 12.2 Å². The predicted molar refractivity (Wildman–Crippen MR) is 68.9 cm³/mol. The molecule has 6 heteroatoms. The Labute approximate surface area is 110 Å². The second kappa shape index (κ2) is 4.39. The summed E-state index contributed by atoms with van der Waals surface area (Å²) in [6.07, 6.45) is 3.87. The van der Waals surface area contributed by atoms with E-state index in [1.807, 2.05) is 0 Å². The summed E-state index contributed by atoms with van der Waals surface area (Å²) >= 11 is 5.99. The molecule has 0 radical (unpaired) electrons. The second-order valence-corrected chi connectivity index (χ2v) is 4.83. The summed E-state index contributed by atoms with van der Waals surface area (Å²) in [7, 11) is 1.59. The van der Waals surface area contributed by atoms with E-state index in [0.717, 1.165) is 11.5 Å². The summed E-state index contributed by atoms with van der Waals surface area (Å²) in [4.78, 5) is 12.9. The van der Waals surface area contributed by atoms with Crippen LogP contribution in [0.1, 0.15) is 31.6 Å². The number of aromatic nitrogens is 4. The van der Waals surface area contributed by atoms with Crippen molar-refractivity contribution < 1.29 is 4.74 Å². The number of imidazole rings is 1. The highest BCUT2D eigenvalue weighted by molar-refractivity contribution is 6.16. The third kappa shape index (κ3) is 1.65. The highest BCUT2D eigenvalue weighted by Crippen LogP contribution is 2.47. The number of nitrogens with zero attached hydrogens (tertiary/aromatic N) is 4. The van der Waals surface area contributed by atoms with Gasteiger partial charge < -0.3 is 9.30 Å². The molecule has 0 bridgehead atoms. The van der Waals surface area contributed by atoms with Gasteiger partial charge >= 0.3 is 0 Å². The van der Waals surface area contributed by atoms with Gasteiger partial charge in [0.1, 0.15) is 12.2 Å². The van der Waals surface area contributed by atoms with Gasteiger partial charge in [-0.3, -0.25) is 0 Å². The Morgan fingerprint density at radius 1 is 1.50 bits per heavy atom. The van der Waals surface area contributed by atoms with Crippen LogP contribution < -0.4 is 4.74 Å². The van der Waals surface area contributed by atoms with Crippen LogP contribution >= 0.6 is 11.6 Å². The quantitative estimate of drug-likeness (QED) is 0.798. The average Bonchev–Trinajstić information content (AvgIpc) is 3.09. The van der Waals surface area contributed by atoms with E-state index in [1.165, 1.54) is 19.2 Å². The van der Waals surface area contributed by atoms with E-state index in [2.05, 4.69) is 26.4 Å². The van der Waals surface area contributed by atoms with Crippen LogP contribution in [0, 0.1) is 5.92 Å². The molecule has 2 atom stereocenters. The van der Waals surface area contributed by atoms with E-state index in [9.17, 15) is 0 Å². The van der Waals surface area contributed by atoms with E-state index >= 15 is 0 Å². The van der Waals surface area contributed by atoms with E-state index in [-0.39, 0.29) is 0 Å². The molecule has 0 N–H and O–H groups in total. The molecule has 96 valence electrons. The molecular formula is C12H15ClN4O. The highest BCUT2D eigenvalue weighted by Gasteiger charge is 2.39. The lowest BCUT2D eigenvalue weighted by molar-refractivity contribution is 0.401. The van der Waals surface area contributed by atoms with Gasteiger partial charge in [0.15, 0.2) is 11.2 Å². The van der Waals surface area contributed by atoms with E-state index < -0.39 is 0 Å². The minimum atomic E-state index is 0.381. The van der Waals surface area contributed by atoms with Crippen LogP contribution in [0.2, 0.25) is 0 Å². The zero-order chi connectivity index (χ0) is 12.7. The lowest BCUT2D eigenvalue weighted by atomic mass is 10.3. The van der Waals surface area contributed by atoms with Crippen LogP contribution in [0.4, 0.5) is 0 Å². The predicted octanol–water partition coefficient (Wildman–Crippen LogP) is 2.54. The van der Waals surface area contributed by atoms with Crippen LogP contribution in [0.15, 0.2) is 6.33 Å². The molecule has 2 aromatic rings. The lowest BCUT2D eigenvalue weighted by Gasteiger charge is -2.05. The van der Waals surface area contributed by atoms with Gasteiger partial charge in [-0.05, 0) is 12.3 Å². The van der Waals surface area contributed by atoms with Crippen LogP contribution in [0.5, 0.6) is 5.88 Å². The summed E-state index contributed by atoms with van der Waals surface area (Å²) < 4.78 is 7.38. The number of hydrogen-bond donors (Lipinski definition) is 0. The van der Waals surface area contributed by atoms with Crippen LogP contribution in [0.3, 0.4) is 0 Å². The van der Waals surface area contributed by atoms with Gasteiger partial charge in [-0.25, -0.2) is 9.97 Å². The molecule has 2 unspecified atom stereocenters. The largest absolute Gasteiger partial charge is 0.479 e. The molecule has 0 spiro atoms. The van der Waals surface area contributed by atoms with Gasteiger partial charge in [-0.15, -0.1) is 11.6 Å². The minimum absolute atomic E-state index is 0.381. The Morgan fingerprint density at radius 3 is 2.94 bits per heavy atom. The standard InChI is InChI=1S/C12H15ClN4O/c1-3-7-4-8(7)17-9(5-13)16-10-11(17)14-6-15-12(10)18-2/h6-8H,3-5H2,1-2H3. The Hall–Kier alpha value is -1.36. The number of methoxy groups -OCH3 is 1. The molecule has 2 heterocycles. The third-order valence-electron chi connectivity index (χ3n) is 3.57. The monoisotopic (exact) mass is 266 g/mol. The first-order valence-electron chi connectivity index (χ1n) is 6.11. The summed E-state index contributed by atoms with van der Waals surface area (Å²) in [5, 5.41) is 0. The smallest absolute Gasteiger partial charge is 0.245 e. The summed E-state index contributed by atoms with van der Waals surface area (Å²) in [6, 6.07) is 0.480. The van der Waals surface area contributed by atoms with Crippen molar-refractivity contribution in [1.29, 1.82) is 0 Å². The van der Waals surface area contributed by atoms with Crippen molar-refractivity contribution >= 4 is 22.8 Å². The summed E-state index contributed by atoms with van der Waals surface area (Å²) in [6.45, 7) is 2.21. The first-order chi connectivity index (χ1) is 8.80. The molecule has 1 aliphatic rings. The van der Waals surface area contributed by atoms with Crippen molar-refractivity contribution in [2.45, 2.75) is 31.7 Å². The molecule has 1 aliphatic carbocycles. The summed E-state index contributed by atoms with van der Waals surface area (Å²) in [5.74, 6) is 2.46. The molecule has 1 fully saturated rings. The zero-order valence-electron chi connectivity index (χ0n) is 10.4. The molecule has 0 saturated heterocycles. The van der Waals surface area contributed by atoms with Crippen molar-refractivity contribution in [1.82, 2.24) is 19.5 Å². The minimum Gasteiger partial charge on any atom is -0.479 e. The van der Waals surface area contributed by atoms with Gasteiger partial charge in [0.05, 0.1) is 13.0 Å². The zero-order valence-corrected chi connectivity index (χ0v) is 11.2. The highest BCUT2D eigenvalue weighted by atomic mass is 35.5. The fraction of sp³-hybridized carbons (Fsp3) is 0.583. The van der Waals surface area contributed by atoms with Crippen molar-refractivity contribution in [3.63, 3.8) is 0 Å². The molecule has 0 amide bonds. The molecular weight excluding hydrogens is 252 g/mol. The maximum atomic E-state index is 5.99. The lowest BCUT2D eigenvalue weighted by Crippen LogP contribution is -2.02. The van der Waals surface area contributed by atoms with Gasteiger partial charge in [-0.2, -0.15) is 4.98 Å². The van der Waals surface area contributed by atoms with Gasteiger partial charge in [0.2, 0.25) is 5.88 Å². The van der Waals surface area contributed by atoms with Crippen molar-refractivity contribution in [2.75, 3.05) is 7.11 Å². The molecule has 1 saturated carbocycles. The van der Waals surface area contributed by atoms with Crippen molar-refractivity contribution in [2.24, 2.45) is 5.92 Å². The molecule has 5 nitrogen and oxygen atoms in total. The Morgan fingerprint density at radius 2 is 2.33 bits per heavy atom. The second-order valence-electron chi connectivity index (χ2n) is 4.56. The van der Waals surface area contributed by atoms with Crippen molar-refractivity contribution in [3.8, 4) is 5.88 Å². The SMILES string of the molecule is CCC1CC1n1c(CCl)nc2c(OC)ncnc21. The molecule has 3 rings (SSSR count). The third-order valence-corrected chi connectivity index (χ3v) is 3.81. The van der Waals surface area contributed by atoms with E-state index in [1.54, 1.807) is 7.11 Å². The van der Waals surface area contributed by atoms with Gasteiger partial charge in [0.25, 0.3) is 0 Å². The van der Waals surface area contributed by atoms with E-state index in [4.69, 9.17) is 16.3 Å². The molecule has 2 aromatic heterocycles. The molecule has 0 aromatic carbocycles. The molecule has 0 aliphatic heterocycles. The maximum Gasteiger partial charge on any atom is 0.245 e. The number of halogens is 1. The van der Waals surface area contributed by atoms with Gasteiger partial charge in [0, 0.05) is 6.04 Å². The average molecular weight is 267 g/mol.